The van der Waals surface area contributed by atoms with Crippen molar-refractivity contribution in [3.05, 3.63) is 64.3 Å². The van der Waals surface area contributed by atoms with Crippen LogP contribution in [0.25, 0.3) is 11.4 Å². The fourth-order valence-corrected chi connectivity index (χ4v) is 2.44. The monoisotopic (exact) mass is 294 g/mol. The van der Waals surface area contributed by atoms with Crippen LogP contribution in [0, 0.1) is 5.92 Å². The molecule has 2 aliphatic heterocycles. The van der Waals surface area contributed by atoms with Crippen molar-refractivity contribution in [1.82, 2.24) is 19.7 Å². The molecule has 2 heterocycles. The average Bonchev–Trinajstić information content (AvgIpc) is 2.49. The lowest BCUT2D eigenvalue weighted by molar-refractivity contribution is 0.575. The predicted molar refractivity (Wildman–Crippen MR) is 84.8 cm³/mol. The number of hydrogen-bond donors (Lipinski definition) is 0. The molecule has 0 saturated heterocycles. The first-order chi connectivity index (χ1) is 10.6. The van der Waals surface area contributed by atoms with E-state index in [0.717, 1.165) is 12.2 Å². The minimum atomic E-state index is -0.143. The van der Waals surface area contributed by atoms with Crippen molar-refractivity contribution in [3.8, 4) is 11.4 Å². The molecule has 0 fully saturated rings. The minimum Gasteiger partial charge on any atom is -0.331 e. The molecule has 2 aliphatic rings. The fraction of sp³-hybridized carbons (Fsp3) is 0.294. The molecule has 0 spiro atoms. The van der Waals surface area contributed by atoms with E-state index < -0.39 is 0 Å². The molecule has 3 rings (SSSR count). The van der Waals surface area contributed by atoms with Crippen LogP contribution in [-0.2, 0) is 13.0 Å². The van der Waals surface area contributed by atoms with E-state index in [2.05, 4.69) is 41.2 Å². The molecule has 22 heavy (non-hydrogen) atoms. The molecule has 5 heteroatoms. The number of aromatic nitrogens is 4. The topological polar surface area (TPSA) is 60.7 Å². The van der Waals surface area contributed by atoms with Crippen molar-refractivity contribution in [1.29, 1.82) is 0 Å². The Labute approximate surface area is 129 Å². The number of benzene rings is 1. The van der Waals surface area contributed by atoms with E-state index >= 15 is 0 Å². The van der Waals surface area contributed by atoms with Gasteiger partial charge in [-0.1, -0.05) is 44.2 Å². The Hall–Kier alpha value is -2.56. The van der Waals surface area contributed by atoms with Crippen molar-refractivity contribution >= 4 is 0 Å². The van der Waals surface area contributed by atoms with Crippen LogP contribution >= 0.6 is 0 Å². The van der Waals surface area contributed by atoms with Crippen LogP contribution in [0.2, 0.25) is 0 Å². The first kappa shape index (κ1) is 14.4. The Morgan fingerprint density at radius 1 is 1.18 bits per heavy atom. The third-order valence-corrected chi connectivity index (χ3v) is 3.47. The Bertz CT molecular complexity index is 795. The summed E-state index contributed by atoms with van der Waals surface area (Å²) in [5, 5.41) is 7.70. The molecule has 1 aromatic carbocycles. The van der Waals surface area contributed by atoms with Crippen molar-refractivity contribution in [2.45, 2.75) is 26.8 Å². The van der Waals surface area contributed by atoms with E-state index in [1.165, 1.54) is 11.8 Å². The Morgan fingerprint density at radius 2 is 1.95 bits per heavy atom. The van der Waals surface area contributed by atoms with Gasteiger partial charge in [0.15, 0.2) is 5.82 Å². The van der Waals surface area contributed by atoms with Gasteiger partial charge >= 0.3 is 0 Å². The molecule has 112 valence electrons. The highest BCUT2D eigenvalue weighted by Gasteiger charge is 2.15. The zero-order valence-electron chi connectivity index (χ0n) is 12.7. The van der Waals surface area contributed by atoms with E-state index in [1.54, 1.807) is 0 Å². The lowest BCUT2D eigenvalue weighted by Crippen LogP contribution is -2.19. The van der Waals surface area contributed by atoms with Gasteiger partial charge in [0.05, 0.1) is 11.8 Å². The minimum absolute atomic E-state index is 0.143. The van der Waals surface area contributed by atoms with Gasteiger partial charge in [-0.25, -0.2) is 4.98 Å². The maximum atomic E-state index is 12.0. The van der Waals surface area contributed by atoms with Gasteiger partial charge in [0.2, 0.25) is 5.43 Å². The van der Waals surface area contributed by atoms with Crippen LogP contribution in [0.4, 0.5) is 0 Å². The number of nitrogens with zero attached hydrogens (tertiary/aromatic N) is 4. The number of rotatable bonds is 4. The molecule has 5 nitrogen and oxygen atoms in total. The third-order valence-electron chi connectivity index (χ3n) is 3.47. The van der Waals surface area contributed by atoms with Gasteiger partial charge in [0.1, 0.15) is 5.82 Å². The van der Waals surface area contributed by atoms with E-state index in [0.29, 0.717) is 23.9 Å². The molecule has 0 N–H and O–H groups in total. The van der Waals surface area contributed by atoms with Crippen LogP contribution in [0.3, 0.4) is 0 Å². The summed E-state index contributed by atoms with van der Waals surface area (Å²) in [7, 11) is 0. The van der Waals surface area contributed by atoms with Crippen molar-refractivity contribution in [2.75, 3.05) is 0 Å². The second-order valence-corrected chi connectivity index (χ2v) is 5.81. The van der Waals surface area contributed by atoms with Gasteiger partial charge < -0.3 is 4.57 Å². The maximum Gasteiger partial charge on any atom is 0.211 e. The molecule has 0 bridgehead atoms. The molecule has 0 aromatic heterocycles. The Kier molecular flexibility index (Phi) is 3.96. The zero-order chi connectivity index (χ0) is 15.5. The van der Waals surface area contributed by atoms with Crippen LogP contribution in [0.5, 0.6) is 0 Å². The Balaban J connectivity index is 2.11. The summed E-state index contributed by atoms with van der Waals surface area (Å²) in [4.78, 5) is 16.5. The highest BCUT2D eigenvalue weighted by Crippen LogP contribution is 2.16. The number of fused-ring (bicyclic) bond motifs is 1. The summed E-state index contributed by atoms with van der Waals surface area (Å²) < 4.78 is 2.04. The van der Waals surface area contributed by atoms with Gasteiger partial charge in [-0.05, 0) is 11.5 Å². The molecular formula is C17H18N4O. The molecular weight excluding hydrogens is 276 g/mol. The first-order valence-electron chi connectivity index (χ1n) is 7.39. The van der Waals surface area contributed by atoms with Crippen LogP contribution in [-0.4, -0.2) is 19.7 Å². The van der Waals surface area contributed by atoms with Crippen molar-refractivity contribution in [2.24, 2.45) is 5.92 Å². The van der Waals surface area contributed by atoms with Gasteiger partial charge in [0, 0.05) is 19.2 Å². The standard InChI is InChI=1S/C17H18N4O/c1-12(2)8-16-19-17-14(15(22)9-18-20-17)11-21(16)10-13-6-4-3-5-7-13/h3-7,9,11-12H,8,10H2,1-2H3. The molecule has 0 amide bonds. The third kappa shape index (κ3) is 3.03. The van der Waals surface area contributed by atoms with Gasteiger partial charge in [-0.15, -0.1) is 5.10 Å². The van der Waals surface area contributed by atoms with E-state index in [9.17, 15) is 4.79 Å². The average molecular weight is 294 g/mol. The van der Waals surface area contributed by atoms with Gasteiger partial charge in [0.25, 0.3) is 0 Å². The van der Waals surface area contributed by atoms with Crippen molar-refractivity contribution < 1.29 is 0 Å². The second-order valence-electron chi connectivity index (χ2n) is 5.81. The zero-order valence-corrected chi connectivity index (χ0v) is 12.7. The highest BCUT2D eigenvalue weighted by atomic mass is 16.1. The van der Waals surface area contributed by atoms with Crippen LogP contribution < -0.4 is 5.43 Å². The van der Waals surface area contributed by atoms with E-state index in [4.69, 9.17) is 0 Å². The van der Waals surface area contributed by atoms with Gasteiger partial charge in [-0.3, -0.25) is 4.79 Å². The molecule has 0 saturated carbocycles. The molecule has 0 unspecified atom stereocenters. The fourth-order valence-electron chi connectivity index (χ4n) is 2.44. The Morgan fingerprint density at radius 3 is 2.68 bits per heavy atom. The maximum absolute atomic E-state index is 12.0. The normalized spacial score (nSPS) is 11.2. The summed E-state index contributed by atoms with van der Waals surface area (Å²) in [6, 6.07) is 10.2. The SMILES string of the molecule is CC(C)Cc1nc2nncc(=O)c-2cn1Cc1ccccc1. The summed E-state index contributed by atoms with van der Waals surface area (Å²) in [5.74, 6) is 1.81. The van der Waals surface area contributed by atoms with Gasteiger partial charge in [-0.2, -0.15) is 5.10 Å². The van der Waals surface area contributed by atoms with Crippen LogP contribution in [0.1, 0.15) is 25.2 Å². The van der Waals surface area contributed by atoms with E-state index in [-0.39, 0.29) is 5.43 Å². The molecule has 0 atom stereocenters. The van der Waals surface area contributed by atoms with Crippen molar-refractivity contribution in [3.63, 3.8) is 0 Å². The lowest BCUT2D eigenvalue weighted by atomic mass is 10.1. The quantitative estimate of drug-likeness (QED) is 0.741. The number of hydrogen-bond acceptors (Lipinski definition) is 4. The summed E-state index contributed by atoms with van der Waals surface area (Å²) in [6.45, 7) is 4.98. The molecule has 0 radical (unpaired) electrons. The largest absolute Gasteiger partial charge is 0.331 e. The van der Waals surface area contributed by atoms with E-state index in [1.807, 2.05) is 29.0 Å². The summed E-state index contributed by atoms with van der Waals surface area (Å²) in [5.41, 5.74) is 1.54. The predicted octanol–water partition coefficient (Wildman–Crippen LogP) is 2.38. The van der Waals surface area contributed by atoms with Crippen LogP contribution in [0.15, 0.2) is 47.5 Å². The highest BCUT2D eigenvalue weighted by molar-refractivity contribution is 5.53. The lowest BCUT2D eigenvalue weighted by Gasteiger charge is -2.17. The molecule has 1 aromatic rings. The summed E-state index contributed by atoms with van der Waals surface area (Å²) in [6.07, 6.45) is 3.91. The smallest absolute Gasteiger partial charge is 0.211 e. The molecule has 0 aliphatic carbocycles. The first-order valence-corrected chi connectivity index (χ1v) is 7.39. The second kappa shape index (κ2) is 6.05. The summed E-state index contributed by atoms with van der Waals surface area (Å²) >= 11 is 0.